The van der Waals surface area contributed by atoms with Crippen molar-refractivity contribution in [2.45, 2.75) is 77.5 Å². The molecule has 2 aromatic carbocycles. The first kappa shape index (κ1) is 39.8. The molecule has 0 spiro atoms. The van der Waals surface area contributed by atoms with Gasteiger partial charge >= 0.3 is 12.2 Å². The number of pyridine rings is 1. The predicted molar refractivity (Wildman–Crippen MR) is 217 cm³/mol. The molecule has 15 nitrogen and oxygen atoms in total. The largest absolute Gasteiger partial charge is 0.453 e. The number of H-pyrrole nitrogens is 2. The molecule has 2 aliphatic rings. The first-order valence-electron chi connectivity index (χ1n) is 19.7. The third-order valence-corrected chi connectivity index (χ3v) is 10.9. The second-order valence-electron chi connectivity index (χ2n) is 15.5. The number of carbonyl (C=O) groups is 4. The van der Waals surface area contributed by atoms with Gasteiger partial charge in [0, 0.05) is 29.8 Å². The summed E-state index contributed by atoms with van der Waals surface area (Å²) < 4.78 is 9.51. The molecule has 15 heteroatoms. The van der Waals surface area contributed by atoms with Crippen LogP contribution < -0.4 is 10.6 Å². The molecule has 0 radical (unpaired) electrons. The molecule has 5 aromatic rings. The number of aromatic nitrogens is 5. The van der Waals surface area contributed by atoms with Crippen LogP contribution in [0.2, 0.25) is 0 Å². The number of aromatic amines is 2. The molecule has 4 N–H and O–H groups in total. The number of hydrogen-bond acceptors (Lipinski definition) is 9. The SMILES string of the molecule is COC(=O)NC(C(=O)N1CCC[C@H]1c1nc2ccc(C#Cc3ccc(-c4ccc5nc([C@@H]6CCCN6C(=O)[C@@H](NC(=O)OC)C(C)C)[nH]c5n4)cc3)cc2[nH]1)C(C)C. The smallest absolute Gasteiger partial charge is 0.407 e. The number of ether oxygens (including phenoxy) is 2. The van der Waals surface area contributed by atoms with Gasteiger partial charge in [-0.15, -0.1) is 0 Å². The number of fused-ring (bicyclic) bond motifs is 2. The summed E-state index contributed by atoms with van der Waals surface area (Å²) in [6, 6.07) is 15.7. The second kappa shape index (κ2) is 17.0. The predicted octanol–water partition coefficient (Wildman–Crippen LogP) is 5.99. The van der Waals surface area contributed by atoms with Crippen molar-refractivity contribution >= 4 is 46.2 Å². The van der Waals surface area contributed by atoms with Crippen molar-refractivity contribution in [3.8, 4) is 23.1 Å². The van der Waals surface area contributed by atoms with Crippen molar-refractivity contribution in [3.63, 3.8) is 0 Å². The van der Waals surface area contributed by atoms with Crippen LogP contribution in [0.1, 0.15) is 88.2 Å². The van der Waals surface area contributed by atoms with Crippen LogP contribution >= 0.6 is 0 Å². The lowest BCUT2D eigenvalue weighted by Crippen LogP contribution is -2.51. The zero-order chi connectivity index (χ0) is 41.1. The van der Waals surface area contributed by atoms with Crippen LogP contribution in [0.25, 0.3) is 33.5 Å². The maximum atomic E-state index is 13.6. The average Bonchev–Trinajstić information content (AvgIpc) is 4.05. The maximum Gasteiger partial charge on any atom is 0.407 e. The molecule has 4 amide bonds. The molecule has 0 bridgehead atoms. The highest BCUT2D eigenvalue weighted by Gasteiger charge is 2.39. The summed E-state index contributed by atoms with van der Waals surface area (Å²) in [7, 11) is 2.57. The summed E-state index contributed by atoms with van der Waals surface area (Å²) in [6.45, 7) is 8.72. The zero-order valence-electron chi connectivity index (χ0n) is 33.6. The van der Waals surface area contributed by atoms with Crippen molar-refractivity contribution in [1.29, 1.82) is 0 Å². The van der Waals surface area contributed by atoms with E-state index in [0.717, 1.165) is 59.1 Å². The Labute approximate surface area is 336 Å². The molecular weight excluding hydrogens is 739 g/mol. The monoisotopic (exact) mass is 787 g/mol. The third kappa shape index (κ3) is 8.32. The minimum absolute atomic E-state index is 0.115. The number of nitrogens with zero attached hydrogens (tertiary/aromatic N) is 5. The first-order chi connectivity index (χ1) is 27.9. The molecule has 3 aromatic heterocycles. The number of rotatable bonds is 9. The molecule has 2 saturated heterocycles. The second-order valence-corrected chi connectivity index (χ2v) is 15.5. The summed E-state index contributed by atoms with van der Waals surface area (Å²) in [5.41, 5.74) is 6.29. The van der Waals surface area contributed by atoms with Gasteiger partial charge in [0.2, 0.25) is 11.8 Å². The third-order valence-electron chi connectivity index (χ3n) is 10.9. The molecule has 4 atom stereocenters. The van der Waals surface area contributed by atoms with Gasteiger partial charge in [0.25, 0.3) is 0 Å². The van der Waals surface area contributed by atoms with Crippen LogP contribution in [0.4, 0.5) is 9.59 Å². The lowest BCUT2D eigenvalue weighted by Gasteiger charge is -2.29. The number of likely N-dealkylation sites (tertiary alicyclic amines) is 2. The van der Waals surface area contributed by atoms with E-state index < -0.39 is 24.3 Å². The fourth-order valence-electron chi connectivity index (χ4n) is 7.75. The molecule has 302 valence electrons. The van der Waals surface area contributed by atoms with Crippen LogP contribution in [0.15, 0.2) is 54.6 Å². The Morgan fingerprint density at radius 2 is 1.21 bits per heavy atom. The van der Waals surface area contributed by atoms with Crippen LogP contribution in [0, 0.1) is 23.7 Å². The van der Waals surface area contributed by atoms with Gasteiger partial charge in [-0.1, -0.05) is 51.7 Å². The Morgan fingerprint density at radius 1 is 0.690 bits per heavy atom. The molecule has 0 saturated carbocycles. The maximum absolute atomic E-state index is 13.6. The van der Waals surface area contributed by atoms with Crippen molar-refractivity contribution < 1.29 is 28.7 Å². The van der Waals surface area contributed by atoms with E-state index in [9.17, 15) is 19.2 Å². The molecule has 2 fully saturated rings. The van der Waals surface area contributed by atoms with Crippen LogP contribution in [0.3, 0.4) is 0 Å². The van der Waals surface area contributed by atoms with E-state index >= 15 is 0 Å². The summed E-state index contributed by atoms with van der Waals surface area (Å²) >= 11 is 0. The van der Waals surface area contributed by atoms with Gasteiger partial charge in [0.15, 0.2) is 5.65 Å². The van der Waals surface area contributed by atoms with Crippen molar-refractivity contribution in [2.75, 3.05) is 27.3 Å². The minimum Gasteiger partial charge on any atom is -0.453 e. The van der Waals surface area contributed by atoms with Gasteiger partial charge in [-0.25, -0.2) is 24.5 Å². The van der Waals surface area contributed by atoms with E-state index in [1.165, 1.54) is 14.2 Å². The number of alkyl carbamates (subject to hydrolysis) is 2. The molecule has 5 heterocycles. The Hall–Kier alpha value is -6.43. The molecule has 2 aliphatic heterocycles. The van der Waals surface area contributed by atoms with Crippen LogP contribution in [-0.4, -0.2) is 98.1 Å². The summed E-state index contributed by atoms with van der Waals surface area (Å²) in [4.78, 5) is 75.9. The number of amides is 4. The average molecular weight is 788 g/mol. The highest BCUT2D eigenvalue weighted by Crippen LogP contribution is 2.34. The molecular formula is C43H49N9O6. The van der Waals surface area contributed by atoms with E-state index in [1.807, 2.05) is 82.3 Å². The normalized spacial score (nSPS) is 17.7. The van der Waals surface area contributed by atoms with E-state index in [0.29, 0.717) is 35.9 Å². The summed E-state index contributed by atoms with van der Waals surface area (Å²) in [5, 5.41) is 5.38. The van der Waals surface area contributed by atoms with E-state index in [1.54, 1.807) is 9.80 Å². The Bertz CT molecular complexity index is 2390. The van der Waals surface area contributed by atoms with Crippen LogP contribution in [-0.2, 0) is 19.1 Å². The first-order valence-corrected chi connectivity index (χ1v) is 19.7. The van der Waals surface area contributed by atoms with Gasteiger partial charge in [-0.2, -0.15) is 0 Å². The molecule has 0 aliphatic carbocycles. The standard InChI is InChI=1S/C43H49N9O6/c1-24(2)35(48-42(55)57-5)40(53)51-21-7-9-33(51)38-45-30-18-15-27(23-32(30)47-38)12-11-26-13-16-28(17-14-26)29-19-20-31-37(44-29)50-39(46-31)34-10-8-22-52(34)41(54)36(25(3)4)49-43(56)58-6/h13-20,23-25,33-36H,7-10,21-22H2,1-6H3,(H,45,47)(H,48,55)(H,49,56)(H,44,46,50)/t33-,34-,35?,36-/m0/s1. The van der Waals surface area contributed by atoms with E-state index in [2.05, 4.69) is 32.4 Å². The number of benzene rings is 2. The van der Waals surface area contributed by atoms with Crippen molar-refractivity contribution in [1.82, 2.24) is 45.4 Å². The molecule has 7 rings (SSSR count). The van der Waals surface area contributed by atoms with Gasteiger partial charge in [0.05, 0.1) is 43.0 Å². The Morgan fingerprint density at radius 3 is 1.78 bits per heavy atom. The highest BCUT2D eigenvalue weighted by molar-refractivity contribution is 5.87. The lowest BCUT2D eigenvalue weighted by atomic mass is 10.0. The number of carbonyl (C=O) groups excluding carboxylic acids is 4. The number of methoxy groups -OCH3 is 2. The van der Waals surface area contributed by atoms with Gasteiger partial charge in [-0.3, -0.25) is 9.59 Å². The van der Waals surface area contributed by atoms with Gasteiger partial charge in [-0.05, 0) is 80.0 Å². The summed E-state index contributed by atoms with van der Waals surface area (Å²) in [6.07, 6.45) is 1.91. The minimum atomic E-state index is -0.709. The van der Waals surface area contributed by atoms with Crippen LogP contribution in [0.5, 0.6) is 0 Å². The van der Waals surface area contributed by atoms with Crippen molar-refractivity contribution in [3.05, 3.63) is 77.4 Å². The topological polar surface area (TPSA) is 188 Å². The Kier molecular flexibility index (Phi) is 11.6. The quantitative estimate of drug-likeness (QED) is 0.130. The molecule has 1 unspecified atom stereocenters. The zero-order valence-corrected chi connectivity index (χ0v) is 33.6. The summed E-state index contributed by atoms with van der Waals surface area (Å²) in [5.74, 6) is 7.35. The van der Waals surface area contributed by atoms with E-state index in [-0.39, 0.29) is 35.7 Å². The number of hydrogen-bond donors (Lipinski definition) is 4. The Balaban J connectivity index is 1.03. The lowest BCUT2D eigenvalue weighted by molar-refractivity contribution is -0.136. The fraction of sp³-hybridized carbons (Fsp3) is 0.419. The van der Waals surface area contributed by atoms with Crippen molar-refractivity contribution in [2.24, 2.45) is 11.8 Å². The fourth-order valence-corrected chi connectivity index (χ4v) is 7.75. The van der Waals surface area contributed by atoms with Gasteiger partial charge < -0.3 is 39.9 Å². The highest BCUT2D eigenvalue weighted by atomic mass is 16.5. The molecule has 58 heavy (non-hydrogen) atoms. The van der Waals surface area contributed by atoms with Gasteiger partial charge in [0.1, 0.15) is 29.2 Å². The number of nitrogens with one attached hydrogen (secondary N) is 4. The number of imidazole rings is 2. The van der Waals surface area contributed by atoms with E-state index in [4.69, 9.17) is 24.4 Å².